The molecule has 0 atom stereocenters. The standard InChI is InChI=1S/C21H25N3O4/c1-27-19-4-2-3-17(15-19)23-21(26)20(25)22-10-9-16-5-7-18(8-6-16)24-11-13-28-14-12-24/h2-8,15H,9-14H2,1H3,(H,22,25)(H,23,26). The Kier molecular flexibility index (Phi) is 6.86. The Morgan fingerprint density at radius 2 is 1.82 bits per heavy atom. The Balaban J connectivity index is 1.43. The summed E-state index contributed by atoms with van der Waals surface area (Å²) >= 11 is 0. The molecule has 2 N–H and O–H groups in total. The van der Waals surface area contributed by atoms with Crippen LogP contribution in [0.1, 0.15) is 5.56 Å². The van der Waals surface area contributed by atoms with Gasteiger partial charge < -0.3 is 25.0 Å². The molecule has 0 aromatic heterocycles. The molecule has 1 saturated heterocycles. The van der Waals surface area contributed by atoms with Crippen molar-refractivity contribution in [3.63, 3.8) is 0 Å². The van der Waals surface area contributed by atoms with Gasteiger partial charge in [-0.15, -0.1) is 0 Å². The van der Waals surface area contributed by atoms with Crippen LogP contribution < -0.4 is 20.3 Å². The molecule has 0 saturated carbocycles. The second-order valence-electron chi connectivity index (χ2n) is 6.46. The first-order chi connectivity index (χ1) is 13.7. The normalized spacial score (nSPS) is 13.7. The number of amides is 2. The molecule has 1 heterocycles. The van der Waals surface area contributed by atoms with Gasteiger partial charge in [-0.1, -0.05) is 18.2 Å². The van der Waals surface area contributed by atoms with E-state index in [1.54, 1.807) is 31.4 Å². The molecule has 3 rings (SSSR count). The lowest BCUT2D eigenvalue weighted by molar-refractivity contribution is -0.136. The minimum atomic E-state index is -0.698. The summed E-state index contributed by atoms with van der Waals surface area (Å²) in [5.41, 5.74) is 2.79. The minimum Gasteiger partial charge on any atom is -0.497 e. The van der Waals surface area contributed by atoms with Crippen molar-refractivity contribution in [1.82, 2.24) is 5.32 Å². The van der Waals surface area contributed by atoms with E-state index in [9.17, 15) is 9.59 Å². The monoisotopic (exact) mass is 383 g/mol. The van der Waals surface area contributed by atoms with E-state index in [4.69, 9.17) is 9.47 Å². The fourth-order valence-corrected chi connectivity index (χ4v) is 2.98. The maximum atomic E-state index is 12.0. The number of methoxy groups -OCH3 is 1. The topological polar surface area (TPSA) is 79.9 Å². The minimum absolute atomic E-state index is 0.390. The van der Waals surface area contributed by atoms with Crippen LogP contribution in [0.5, 0.6) is 5.75 Å². The Hall–Kier alpha value is -3.06. The van der Waals surface area contributed by atoms with Crippen molar-refractivity contribution in [1.29, 1.82) is 0 Å². The molecule has 0 spiro atoms. The largest absolute Gasteiger partial charge is 0.497 e. The molecule has 1 aliphatic heterocycles. The first-order valence-corrected chi connectivity index (χ1v) is 9.30. The Bertz CT molecular complexity index is 802. The first kappa shape index (κ1) is 19.7. The Morgan fingerprint density at radius 3 is 2.54 bits per heavy atom. The molecule has 7 nitrogen and oxygen atoms in total. The molecule has 2 aromatic rings. The number of carbonyl (C=O) groups excluding carboxylic acids is 2. The highest BCUT2D eigenvalue weighted by Crippen LogP contribution is 2.17. The summed E-state index contributed by atoms with van der Waals surface area (Å²) in [6.45, 7) is 3.70. The van der Waals surface area contributed by atoms with E-state index in [0.717, 1.165) is 31.9 Å². The van der Waals surface area contributed by atoms with Gasteiger partial charge in [0, 0.05) is 37.1 Å². The van der Waals surface area contributed by atoms with Crippen LogP contribution in [0.15, 0.2) is 48.5 Å². The summed E-state index contributed by atoms with van der Waals surface area (Å²) in [6.07, 6.45) is 0.654. The number of benzene rings is 2. The number of carbonyl (C=O) groups is 2. The van der Waals surface area contributed by atoms with Crippen LogP contribution in [0.4, 0.5) is 11.4 Å². The summed E-state index contributed by atoms with van der Waals surface area (Å²) in [7, 11) is 1.54. The van der Waals surface area contributed by atoms with Crippen molar-refractivity contribution in [3.8, 4) is 5.75 Å². The average Bonchev–Trinajstić information content (AvgIpc) is 2.75. The highest BCUT2D eigenvalue weighted by molar-refractivity contribution is 6.39. The van der Waals surface area contributed by atoms with Gasteiger partial charge in [-0.25, -0.2) is 0 Å². The third kappa shape index (κ3) is 5.47. The van der Waals surface area contributed by atoms with Gasteiger partial charge in [0.05, 0.1) is 20.3 Å². The van der Waals surface area contributed by atoms with Crippen LogP contribution in [0, 0.1) is 0 Å². The molecule has 0 radical (unpaired) electrons. The summed E-state index contributed by atoms with van der Waals surface area (Å²) in [6, 6.07) is 15.1. The maximum absolute atomic E-state index is 12.0. The molecule has 0 aliphatic carbocycles. The number of morpholine rings is 1. The zero-order valence-corrected chi connectivity index (χ0v) is 15.9. The number of hydrogen-bond donors (Lipinski definition) is 2. The van der Waals surface area contributed by atoms with Crippen LogP contribution in [0.25, 0.3) is 0 Å². The number of rotatable bonds is 6. The van der Waals surface area contributed by atoms with Crippen LogP contribution in [0.3, 0.4) is 0 Å². The molecular weight excluding hydrogens is 358 g/mol. The SMILES string of the molecule is COc1cccc(NC(=O)C(=O)NCCc2ccc(N3CCOCC3)cc2)c1. The molecule has 28 heavy (non-hydrogen) atoms. The van der Waals surface area contributed by atoms with E-state index in [0.29, 0.717) is 24.4 Å². The molecule has 2 aromatic carbocycles. The highest BCUT2D eigenvalue weighted by Gasteiger charge is 2.14. The molecule has 7 heteroatoms. The van der Waals surface area contributed by atoms with Gasteiger partial charge in [-0.05, 0) is 36.2 Å². The summed E-state index contributed by atoms with van der Waals surface area (Å²) < 4.78 is 10.5. The summed E-state index contributed by atoms with van der Waals surface area (Å²) in [4.78, 5) is 26.3. The van der Waals surface area contributed by atoms with Gasteiger partial charge in [0.2, 0.25) is 0 Å². The molecule has 148 valence electrons. The molecule has 1 aliphatic rings. The van der Waals surface area contributed by atoms with Crippen LogP contribution in [0.2, 0.25) is 0 Å². The summed E-state index contributed by atoms with van der Waals surface area (Å²) in [5, 5.41) is 5.21. The first-order valence-electron chi connectivity index (χ1n) is 9.30. The second-order valence-corrected chi connectivity index (χ2v) is 6.46. The van der Waals surface area contributed by atoms with Gasteiger partial charge in [-0.2, -0.15) is 0 Å². The predicted molar refractivity (Wildman–Crippen MR) is 108 cm³/mol. The van der Waals surface area contributed by atoms with Crippen molar-refractivity contribution in [2.24, 2.45) is 0 Å². The lowest BCUT2D eigenvalue weighted by atomic mass is 10.1. The van der Waals surface area contributed by atoms with Crippen molar-refractivity contribution < 1.29 is 19.1 Å². The highest BCUT2D eigenvalue weighted by atomic mass is 16.5. The molecule has 1 fully saturated rings. The van der Waals surface area contributed by atoms with E-state index >= 15 is 0 Å². The third-order valence-electron chi connectivity index (χ3n) is 4.55. The smallest absolute Gasteiger partial charge is 0.313 e. The molecule has 2 amide bonds. The van der Waals surface area contributed by atoms with E-state index < -0.39 is 11.8 Å². The zero-order valence-electron chi connectivity index (χ0n) is 15.9. The molecule has 0 bridgehead atoms. The fraction of sp³-hybridized carbons (Fsp3) is 0.333. The third-order valence-corrected chi connectivity index (χ3v) is 4.55. The maximum Gasteiger partial charge on any atom is 0.313 e. The molecular formula is C21H25N3O4. The summed E-state index contributed by atoms with van der Waals surface area (Å²) in [5.74, 6) is -0.748. The predicted octanol–water partition coefficient (Wildman–Crippen LogP) is 1.83. The van der Waals surface area contributed by atoms with E-state index in [2.05, 4.69) is 27.7 Å². The van der Waals surface area contributed by atoms with E-state index in [1.807, 2.05) is 12.1 Å². The number of nitrogens with one attached hydrogen (secondary N) is 2. The van der Waals surface area contributed by atoms with Gasteiger partial charge in [0.25, 0.3) is 0 Å². The fourth-order valence-electron chi connectivity index (χ4n) is 2.98. The lowest BCUT2D eigenvalue weighted by Gasteiger charge is -2.28. The van der Waals surface area contributed by atoms with E-state index in [-0.39, 0.29) is 0 Å². The number of hydrogen-bond acceptors (Lipinski definition) is 5. The Labute approximate surface area is 164 Å². The van der Waals surface area contributed by atoms with Gasteiger partial charge in [0.1, 0.15) is 5.75 Å². The van der Waals surface area contributed by atoms with Gasteiger partial charge >= 0.3 is 11.8 Å². The quantitative estimate of drug-likeness (QED) is 0.744. The van der Waals surface area contributed by atoms with Crippen LogP contribution >= 0.6 is 0 Å². The zero-order chi connectivity index (χ0) is 19.8. The Morgan fingerprint density at radius 1 is 1.07 bits per heavy atom. The molecule has 0 unspecified atom stereocenters. The number of nitrogens with zero attached hydrogens (tertiary/aromatic N) is 1. The van der Waals surface area contributed by atoms with Gasteiger partial charge in [0.15, 0.2) is 0 Å². The van der Waals surface area contributed by atoms with Crippen LogP contribution in [-0.2, 0) is 20.7 Å². The lowest BCUT2D eigenvalue weighted by Crippen LogP contribution is -2.36. The van der Waals surface area contributed by atoms with Crippen LogP contribution in [-0.4, -0.2) is 51.8 Å². The second kappa shape index (κ2) is 9.75. The average molecular weight is 383 g/mol. The van der Waals surface area contributed by atoms with Crippen molar-refractivity contribution in [2.75, 3.05) is 50.2 Å². The van der Waals surface area contributed by atoms with Gasteiger partial charge in [-0.3, -0.25) is 9.59 Å². The van der Waals surface area contributed by atoms with Crippen molar-refractivity contribution >= 4 is 23.2 Å². The van der Waals surface area contributed by atoms with Crippen molar-refractivity contribution in [3.05, 3.63) is 54.1 Å². The van der Waals surface area contributed by atoms with Crippen molar-refractivity contribution in [2.45, 2.75) is 6.42 Å². The van der Waals surface area contributed by atoms with E-state index in [1.165, 1.54) is 5.69 Å². The number of ether oxygens (including phenoxy) is 2. The number of anilines is 2.